The summed E-state index contributed by atoms with van der Waals surface area (Å²) in [6.07, 6.45) is 55.9. The van der Waals surface area contributed by atoms with Gasteiger partial charge in [0.2, 0.25) is 0 Å². The van der Waals surface area contributed by atoms with Gasteiger partial charge in [0, 0.05) is 0 Å². The van der Waals surface area contributed by atoms with Crippen LogP contribution in [0, 0.1) is 102 Å². The summed E-state index contributed by atoms with van der Waals surface area (Å²) in [7, 11) is 0. The summed E-state index contributed by atoms with van der Waals surface area (Å²) in [5.74, 6) is 11.2. The van der Waals surface area contributed by atoms with Crippen molar-refractivity contribution in [2.75, 3.05) is 0 Å². The molecule has 0 heteroatoms. The van der Waals surface area contributed by atoms with E-state index in [-0.39, 0.29) is 0 Å². The van der Waals surface area contributed by atoms with E-state index in [1.165, 1.54) is 0 Å². The van der Waals surface area contributed by atoms with Gasteiger partial charge in [-0.25, -0.2) is 0 Å². The van der Waals surface area contributed by atoms with Crippen LogP contribution in [0.5, 0.6) is 0 Å². The quantitative estimate of drug-likeness (QED) is 0.270. The van der Waals surface area contributed by atoms with Gasteiger partial charge in [-0.05, 0) is 276 Å². The molecule has 18 fully saturated rings. The van der Waals surface area contributed by atoms with Crippen LogP contribution >= 0.6 is 0 Å². The fraction of sp³-hybridized carbons (Fsp3) is 1.00. The van der Waals surface area contributed by atoms with E-state index < -0.39 is 0 Å². The molecule has 0 aromatic heterocycles. The molecule has 0 N–H and O–H groups in total. The van der Waals surface area contributed by atoms with Crippen molar-refractivity contribution in [1.82, 2.24) is 0 Å². The molecular weight excluding hydrogens is 613 g/mol. The predicted octanol–water partition coefficient (Wildman–Crippen LogP) is 14.1. The van der Waals surface area contributed by atoms with Crippen molar-refractivity contribution in [2.24, 2.45) is 102 Å². The van der Waals surface area contributed by atoms with Crippen molar-refractivity contribution < 1.29 is 0 Å². The molecule has 18 aliphatic carbocycles. The minimum absolute atomic E-state index is 0.673. The third-order valence-electron chi connectivity index (χ3n) is 24.9. The molecule has 16 bridgehead atoms. The van der Waals surface area contributed by atoms with Gasteiger partial charge in [0.1, 0.15) is 0 Å². The van der Waals surface area contributed by atoms with E-state index >= 15 is 0 Å². The lowest BCUT2D eigenvalue weighted by Gasteiger charge is -2.93. The third-order valence-corrected chi connectivity index (χ3v) is 24.9. The zero-order valence-corrected chi connectivity index (χ0v) is 33.1. The summed E-state index contributed by atoms with van der Waals surface area (Å²) in [5, 5.41) is 0. The Hall–Kier alpha value is 0. The maximum absolute atomic E-state index is 1.80. The van der Waals surface area contributed by atoms with E-state index in [2.05, 4.69) is 0 Å². The van der Waals surface area contributed by atoms with Crippen molar-refractivity contribution in [3.05, 3.63) is 0 Å². The van der Waals surface area contributed by atoms with Gasteiger partial charge in [-0.1, -0.05) is 38.5 Å². The average molecular weight is 689 g/mol. The highest BCUT2D eigenvalue weighted by Crippen LogP contribution is 2.98. The van der Waals surface area contributed by atoms with Gasteiger partial charge in [0.15, 0.2) is 0 Å². The van der Waals surface area contributed by atoms with Crippen molar-refractivity contribution in [2.45, 2.75) is 212 Å². The van der Waals surface area contributed by atoms with Crippen LogP contribution in [-0.4, -0.2) is 0 Å². The zero-order chi connectivity index (χ0) is 33.1. The highest BCUT2D eigenvalue weighted by atomic mass is 15.0. The van der Waals surface area contributed by atoms with Crippen molar-refractivity contribution >= 4 is 0 Å². The van der Waals surface area contributed by atoms with Crippen LogP contribution in [0.2, 0.25) is 0 Å². The minimum atomic E-state index is 0.673. The lowest BCUT2D eigenvalue weighted by atomic mass is 9.10. The standard InChI is InChI=1S/C51H76/c1-4-35-5-2-13-46(12-1,25-35)51(45-17-9-34(10-18-45)11-19-45)49(48-28-38-20-39(29-48)22-40(21-38)30-48)31-41-23-42(33-49)43(44-15-7-36(24-44)8-16-44)50(51,32-41)47-14-3-6-37(26-47)27-47/h34-43H,1-33H2. The second kappa shape index (κ2) is 9.74. The van der Waals surface area contributed by atoms with Gasteiger partial charge in [-0.3, -0.25) is 0 Å². The number of rotatable bonds is 5. The SMILES string of the molecule is C1CC2CC(C34CC5CC(CC(C67CC8CC(CC(C8)C6)C7)(C5)C3(C35CCC(CC3)CC5)C35CCCC(CCC3)C5)C4C34CCC(CC3)C4)(C1)C2. The molecule has 280 valence electrons. The van der Waals surface area contributed by atoms with E-state index in [4.69, 9.17) is 0 Å². The maximum Gasteiger partial charge on any atom is -0.00577 e. The molecular formula is C51H76. The smallest absolute Gasteiger partial charge is 0.00577 e. The van der Waals surface area contributed by atoms with E-state index in [0.29, 0.717) is 27.1 Å². The van der Waals surface area contributed by atoms with E-state index in [1.807, 2.05) is 0 Å². The number of hydrogen-bond donors (Lipinski definition) is 0. The summed E-state index contributed by atoms with van der Waals surface area (Å²) in [6.45, 7) is 0. The lowest BCUT2D eigenvalue weighted by Crippen LogP contribution is -2.87. The number of hydrogen-bond acceptors (Lipinski definition) is 0. The molecule has 0 radical (unpaired) electrons. The largest absolute Gasteiger partial charge is 0.0525 e. The van der Waals surface area contributed by atoms with Gasteiger partial charge in [-0.15, -0.1) is 0 Å². The Morgan fingerprint density at radius 3 is 1.45 bits per heavy atom. The maximum atomic E-state index is 1.80. The van der Waals surface area contributed by atoms with Gasteiger partial charge in [-0.2, -0.15) is 0 Å². The summed E-state index contributed by atoms with van der Waals surface area (Å²) < 4.78 is 0. The molecule has 18 rings (SSSR count). The zero-order valence-electron chi connectivity index (χ0n) is 33.1. The van der Waals surface area contributed by atoms with Crippen LogP contribution in [0.4, 0.5) is 0 Å². The molecule has 0 nitrogen and oxygen atoms in total. The predicted molar refractivity (Wildman–Crippen MR) is 207 cm³/mol. The first-order valence-corrected chi connectivity index (χ1v) is 24.9. The van der Waals surface area contributed by atoms with Gasteiger partial charge >= 0.3 is 0 Å². The molecule has 0 heterocycles. The Morgan fingerprint density at radius 2 is 0.863 bits per heavy atom. The molecule has 18 aliphatic rings. The molecule has 0 spiro atoms. The molecule has 6 unspecified atom stereocenters. The second-order valence-corrected chi connectivity index (χ2v) is 25.8. The molecule has 6 atom stereocenters. The van der Waals surface area contributed by atoms with E-state index in [9.17, 15) is 0 Å². The normalized spacial score (nSPS) is 66.8. The van der Waals surface area contributed by atoms with Crippen LogP contribution in [0.3, 0.4) is 0 Å². The Bertz CT molecular complexity index is 1410. The van der Waals surface area contributed by atoms with Crippen LogP contribution in [0.15, 0.2) is 0 Å². The van der Waals surface area contributed by atoms with Gasteiger partial charge < -0.3 is 0 Å². The Kier molecular flexibility index (Phi) is 5.95. The van der Waals surface area contributed by atoms with Crippen LogP contribution in [-0.2, 0) is 0 Å². The Balaban J connectivity index is 1.13. The van der Waals surface area contributed by atoms with Crippen LogP contribution < -0.4 is 0 Å². The molecule has 0 aliphatic heterocycles. The number of fused-ring (bicyclic) bond motifs is 11. The molecule has 0 amide bonds. The fourth-order valence-corrected chi connectivity index (χ4v) is 25.6. The van der Waals surface area contributed by atoms with E-state index in [0.717, 1.165) is 75.4 Å². The highest BCUT2D eigenvalue weighted by molar-refractivity contribution is 5.39. The third kappa shape index (κ3) is 3.29. The first-order valence-electron chi connectivity index (χ1n) is 24.9. The summed E-state index contributed by atoms with van der Waals surface area (Å²) in [5.41, 5.74) is 5.69. The fourth-order valence-electron chi connectivity index (χ4n) is 25.6. The lowest BCUT2D eigenvalue weighted by molar-refractivity contribution is -0.457. The first kappa shape index (κ1) is 31.1. The highest BCUT2D eigenvalue weighted by Gasteiger charge is 2.92. The summed E-state index contributed by atoms with van der Waals surface area (Å²) in [6, 6.07) is 0. The molecule has 18 saturated carbocycles. The summed E-state index contributed by atoms with van der Waals surface area (Å²) in [4.78, 5) is 0. The van der Waals surface area contributed by atoms with Gasteiger partial charge in [0.25, 0.3) is 0 Å². The van der Waals surface area contributed by atoms with Crippen LogP contribution in [0.25, 0.3) is 0 Å². The van der Waals surface area contributed by atoms with Crippen molar-refractivity contribution in [3.63, 3.8) is 0 Å². The van der Waals surface area contributed by atoms with Crippen LogP contribution in [0.1, 0.15) is 212 Å². The monoisotopic (exact) mass is 689 g/mol. The Labute approximate surface area is 313 Å². The van der Waals surface area contributed by atoms with Gasteiger partial charge in [0.05, 0.1) is 0 Å². The molecule has 0 saturated heterocycles. The minimum Gasteiger partial charge on any atom is -0.0525 e. The average Bonchev–Trinajstić information content (AvgIpc) is 3.74. The first-order chi connectivity index (χ1) is 24.9. The molecule has 51 heavy (non-hydrogen) atoms. The topological polar surface area (TPSA) is 0 Å². The Morgan fingerprint density at radius 1 is 0.314 bits per heavy atom. The summed E-state index contributed by atoms with van der Waals surface area (Å²) >= 11 is 0. The molecule has 0 aromatic rings. The van der Waals surface area contributed by atoms with E-state index in [1.54, 1.807) is 212 Å². The van der Waals surface area contributed by atoms with Crippen molar-refractivity contribution in [3.8, 4) is 0 Å². The molecule has 0 aromatic carbocycles. The van der Waals surface area contributed by atoms with Crippen molar-refractivity contribution in [1.29, 1.82) is 0 Å². The second-order valence-electron chi connectivity index (χ2n) is 25.8.